The Morgan fingerprint density at radius 2 is 2.00 bits per heavy atom. The lowest BCUT2D eigenvalue weighted by Crippen LogP contribution is -2.23. The number of hydrogen-bond donors (Lipinski definition) is 2. The minimum absolute atomic E-state index is 0. The quantitative estimate of drug-likeness (QED) is 0.439. The number of rotatable bonds is 5. The maximum atomic E-state index is 5.99. The van der Waals surface area contributed by atoms with Crippen LogP contribution in [0.25, 0.3) is 0 Å². The fraction of sp³-hybridized carbons (Fsp3) is 0.278. The number of nitrogens with one attached hydrogen (secondary N) is 1. The molecule has 0 heterocycles. The number of ether oxygens (including phenoxy) is 1. The first-order chi connectivity index (χ1) is 10.7. The third-order valence-electron chi connectivity index (χ3n) is 3.87. The molecule has 2 aromatic carbocycles. The van der Waals surface area contributed by atoms with Crippen LogP contribution in [0.15, 0.2) is 59.6 Å². The van der Waals surface area contributed by atoms with E-state index in [2.05, 4.69) is 34.6 Å². The second kappa shape index (κ2) is 8.19. The Morgan fingerprint density at radius 3 is 2.74 bits per heavy atom. The molecule has 1 aliphatic carbocycles. The number of nitrogens with zero attached hydrogens (tertiary/aromatic N) is 1. The van der Waals surface area contributed by atoms with Gasteiger partial charge >= 0.3 is 0 Å². The molecule has 122 valence electrons. The Labute approximate surface area is 154 Å². The van der Waals surface area contributed by atoms with E-state index in [9.17, 15) is 0 Å². The van der Waals surface area contributed by atoms with Crippen molar-refractivity contribution < 1.29 is 4.74 Å². The van der Waals surface area contributed by atoms with Crippen LogP contribution in [-0.4, -0.2) is 19.1 Å². The van der Waals surface area contributed by atoms with Crippen molar-refractivity contribution in [1.29, 1.82) is 0 Å². The van der Waals surface area contributed by atoms with Crippen LogP contribution in [0, 0.1) is 5.92 Å². The van der Waals surface area contributed by atoms with Gasteiger partial charge in [0.2, 0.25) is 0 Å². The SMILES string of the molecule is COc1cccc(NC(N)=NC2CC2Cc2ccccc2)c1.I. The Kier molecular flexibility index (Phi) is 6.27. The van der Waals surface area contributed by atoms with Crippen LogP contribution in [0.2, 0.25) is 0 Å². The average Bonchev–Trinajstić information content (AvgIpc) is 3.25. The summed E-state index contributed by atoms with van der Waals surface area (Å²) in [5.74, 6) is 1.87. The lowest BCUT2D eigenvalue weighted by atomic mass is 10.1. The molecule has 0 aliphatic heterocycles. The Morgan fingerprint density at radius 1 is 1.22 bits per heavy atom. The van der Waals surface area contributed by atoms with Crippen LogP contribution in [0.3, 0.4) is 0 Å². The maximum absolute atomic E-state index is 5.99. The molecule has 3 rings (SSSR count). The van der Waals surface area contributed by atoms with Gasteiger partial charge in [-0.3, -0.25) is 0 Å². The monoisotopic (exact) mass is 423 g/mol. The van der Waals surface area contributed by atoms with Gasteiger partial charge < -0.3 is 15.8 Å². The van der Waals surface area contributed by atoms with Crippen LogP contribution >= 0.6 is 24.0 Å². The summed E-state index contributed by atoms with van der Waals surface area (Å²) >= 11 is 0. The third-order valence-corrected chi connectivity index (χ3v) is 3.87. The number of aliphatic imine (C=N–C) groups is 1. The van der Waals surface area contributed by atoms with Gasteiger partial charge in [-0.25, -0.2) is 4.99 Å². The molecule has 1 aliphatic rings. The average molecular weight is 423 g/mol. The van der Waals surface area contributed by atoms with E-state index in [4.69, 9.17) is 10.5 Å². The molecule has 0 radical (unpaired) electrons. The summed E-state index contributed by atoms with van der Waals surface area (Å²) in [5, 5.41) is 3.12. The number of nitrogens with two attached hydrogens (primary N) is 1. The van der Waals surface area contributed by atoms with Crippen LogP contribution in [-0.2, 0) is 6.42 Å². The molecular weight excluding hydrogens is 401 g/mol. The Bertz CT molecular complexity index is 660. The highest BCUT2D eigenvalue weighted by Gasteiger charge is 2.37. The number of halogens is 1. The van der Waals surface area contributed by atoms with E-state index in [1.807, 2.05) is 30.3 Å². The molecular formula is C18H22IN3O. The van der Waals surface area contributed by atoms with Crippen LogP contribution in [0.1, 0.15) is 12.0 Å². The number of hydrogen-bond acceptors (Lipinski definition) is 2. The molecule has 3 N–H and O–H groups in total. The summed E-state index contributed by atoms with van der Waals surface area (Å²) in [5.41, 5.74) is 8.25. The highest BCUT2D eigenvalue weighted by atomic mass is 127. The summed E-state index contributed by atoms with van der Waals surface area (Å²) in [6.45, 7) is 0. The summed E-state index contributed by atoms with van der Waals surface area (Å²) in [4.78, 5) is 4.56. The minimum atomic E-state index is 0. The Balaban J connectivity index is 0.00000192. The highest BCUT2D eigenvalue weighted by molar-refractivity contribution is 14.0. The lowest BCUT2D eigenvalue weighted by Gasteiger charge is -2.07. The zero-order chi connectivity index (χ0) is 15.4. The van der Waals surface area contributed by atoms with E-state index in [-0.39, 0.29) is 24.0 Å². The van der Waals surface area contributed by atoms with E-state index in [1.165, 1.54) is 5.56 Å². The summed E-state index contributed by atoms with van der Waals surface area (Å²) in [7, 11) is 1.65. The number of guanidine groups is 1. The first-order valence-electron chi connectivity index (χ1n) is 7.53. The van der Waals surface area contributed by atoms with E-state index in [0.717, 1.165) is 24.3 Å². The topological polar surface area (TPSA) is 59.6 Å². The normalized spacial score (nSPS) is 19.6. The lowest BCUT2D eigenvalue weighted by molar-refractivity contribution is 0.415. The molecule has 0 saturated heterocycles. The van der Waals surface area contributed by atoms with Gasteiger partial charge in [-0.05, 0) is 36.5 Å². The molecule has 4 nitrogen and oxygen atoms in total. The van der Waals surface area contributed by atoms with E-state index >= 15 is 0 Å². The molecule has 0 amide bonds. The number of methoxy groups -OCH3 is 1. The van der Waals surface area contributed by atoms with Crippen molar-refractivity contribution in [3.05, 3.63) is 60.2 Å². The van der Waals surface area contributed by atoms with Gasteiger partial charge in [0.25, 0.3) is 0 Å². The molecule has 2 unspecified atom stereocenters. The summed E-state index contributed by atoms with van der Waals surface area (Å²) in [6.07, 6.45) is 2.18. The van der Waals surface area contributed by atoms with Crippen molar-refractivity contribution in [3.8, 4) is 5.75 Å². The van der Waals surface area contributed by atoms with Gasteiger partial charge in [-0.2, -0.15) is 0 Å². The number of anilines is 1. The second-order valence-corrected chi connectivity index (χ2v) is 5.62. The van der Waals surface area contributed by atoms with Crippen LogP contribution in [0.5, 0.6) is 5.75 Å². The van der Waals surface area contributed by atoms with Gasteiger partial charge in [-0.15, -0.1) is 24.0 Å². The fourth-order valence-corrected chi connectivity index (χ4v) is 2.59. The zero-order valence-electron chi connectivity index (χ0n) is 13.1. The third kappa shape index (κ3) is 5.13. The standard InChI is InChI=1S/C18H21N3O.HI/c1-22-16-9-5-8-15(12-16)20-18(19)21-17-11-14(17)10-13-6-3-2-4-7-13;/h2-9,12,14,17H,10-11H2,1H3,(H3,19,20,21);1H. The highest BCUT2D eigenvalue weighted by Crippen LogP contribution is 2.36. The second-order valence-electron chi connectivity index (χ2n) is 5.62. The van der Waals surface area contributed by atoms with E-state index in [0.29, 0.717) is 17.9 Å². The summed E-state index contributed by atoms with van der Waals surface area (Å²) in [6, 6.07) is 18.5. The van der Waals surface area contributed by atoms with Crippen LogP contribution in [0.4, 0.5) is 5.69 Å². The largest absolute Gasteiger partial charge is 0.497 e. The van der Waals surface area contributed by atoms with Crippen molar-refractivity contribution in [3.63, 3.8) is 0 Å². The predicted octanol–water partition coefficient (Wildman–Crippen LogP) is 3.67. The van der Waals surface area contributed by atoms with Crippen molar-refractivity contribution in [2.45, 2.75) is 18.9 Å². The van der Waals surface area contributed by atoms with Gasteiger partial charge in [0, 0.05) is 11.8 Å². The Hall–Kier alpha value is -1.76. The van der Waals surface area contributed by atoms with Crippen molar-refractivity contribution >= 4 is 35.6 Å². The first kappa shape index (κ1) is 17.6. The van der Waals surface area contributed by atoms with Gasteiger partial charge in [0.15, 0.2) is 5.96 Å². The molecule has 1 fully saturated rings. The predicted molar refractivity (Wildman–Crippen MR) is 106 cm³/mol. The smallest absolute Gasteiger partial charge is 0.193 e. The van der Waals surface area contributed by atoms with E-state index < -0.39 is 0 Å². The van der Waals surface area contributed by atoms with Crippen molar-refractivity contribution in [2.75, 3.05) is 12.4 Å². The summed E-state index contributed by atoms with van der Waals surface area (Å²) < 4.78 is 5.19. The molecule has 0 aromatic heterocycles. The first-order valence-corrected chi connectivity index (χ1v) is 7.53. The van der Waals surface area contributed by atoms with Crippen LogP contribution < -0.4 is 15.8 Å². The van der Waals surface area contributed by atoms with Crippen molar-refractivity contribution in [2.24, 2.45) is 16.6 Å². The molecule has 23 heavy (non-hydrogen) atoms. The molecule has 0 bridgehead atoms. The zero-order valence-corrected chi connectivity index (χ0v) is 15.4. The maximum Gasteiger partial charge on any atom is 0.193 e. The molecule has 1 saturated carbocycles. The fourth-order valence-electron chi connectivity index (χ4n) is 2.59. The molecule has 0 spiro atoms. The van der Waals surface area contributed by atoms with Crippen molar-refractivity contribution in [1.82, 2.24) is 0 Å². The molecule has 2 atom stereocenters. The van der Waals surface area contributed by atoms with E-state index in [1.54, 1.807) is 7.11 Å². The van der Waals surface area contributed by atoms with Gasteiger partial charge in [0.1, 0.15) is 5.75 Å². The molecule has 5 heteroatoms. The van der Waals surface area contributed by atoms with Gasteiger partial charge in [-0.1, -0.05) is 36.4 Å². The van der Waals surface area contributed by atoms with Gasteiger partial charge in [0.05, 0.1) is 13.2 Å². The number of benzene rings is 2. The molecule has 2 aromatic rings. The minimum Gasteiger partial charge on any atom is -0.497 e.